The van der Waals surface area contributed by atoms with Crippen molar-refractivity contribution in [1.82, 2.24) is 16.4 Å². The molecule has 1 saturated heterocycles. The highest BCUT2D eigenvalue weighted by Gasteiger charge is 2.15. The van der Waals surface area contributed by atoms with Crippen molar-refractivity contribution >= 4 is 17.7 Å². The van der Waals surface area contributed by atoms with Gasteiger partial charge in [0.1, 0.15) is 0 Å². The van der Waals surface area contributed by atoms with E-state index in [1.54, 1.807) is 11.8 Å². The third kappa shape index (κ3) is 6.32. The first-order chi connectivity index (χ1) is 7.83. The zero-order valence-electron chi connectivity index (χ0n) is 9.75. The van der Waals surface area contributed by atoms with E-state index in [-0.39, 0.29) is 11.3 Å². The average molecular weight is 247 g/mol. The molecule has 1 aliphatic heterocycles. The van der Waals surface area contributed by atoms with E-state index in [0.29, 0.717) is 12.4 Å². The van der Waals surface area contributed by atoms with Crippen LogP contribution in [0.2, 0.25) is 0 Å². The van der Waals surface area contributed by atoms with Crippen LogP contribution in [0.3, 0.4) is 0 Å². The predicted octanol–water partition coefficient (Wildman–Crippen LogP) is 0.782. The zero-order valence-corrected chi connectivity index (χ0v) is 10.6. The summed E-state index contributed by atoms with van der Waals surface area (Å²) in [4.78, 5) is 11.3. The molecule has 1 unspecified atom stereocenters. The van der Waals surface area contributed by atoms with E-state index in [4.69, 9.17) is 4.74 Å². The molecule has 16 heavy (non-hydrogen) atoms. The number of hydrogen-bond acceptors (Lipinski definition) is 6. The molecule has 0 aromatic carbocycles. The molecular formula is C10H21N3O2S. The molecule has 94 valence electrons. The maximum atomic E-state index is 11.3. The minimum atomic E-state index is -0.116. The molecule has 5 nitrogen and oxygen atoms in total. The topological polar surface area (TPSA) is 62.4 Å². The van der Waals surface area contributed by atoms with Gasteiger partial charge in [-0.2, -0.15) is 5.53 Å². The Kier molecular flexibility index (Phi) is 7.58. The van der Waals surface area contributed by atoms with Gasteiger partial charge in [0.2, 0.25) is 0 Å². The van der Waals surface area contributed by atoms with E-state index in [1.165, 1.54) is 12.8 Å². The molecule has 1 rings (SSSR count). The number of nitrogens with one attached hydrogen (secondary N) is 3. The number of thioether (sulfide) groups is 1. The van der Waals surface area contributed by atoms with Gasteiger partial charge in [-0.15, -0.1) is 11.8 Å². The van der Waals surface area contributed by atoms with Gasteiger partial charge in [-0.05, 0) is 6.42 Å². The monoisotopic (exact) mass is 247 g/mol. The maximum absolute atomic E-state index is 11.3. The van der Waals surface area contributed by atoms with Crippen LogP contribution >= 0.6 is 11.8 Å². The third-order valence-corrected chi connectivity index (χ3v) is 3.36. The number of carbonyl (C=O) groups excluding carboxylic acids is 1. The molecule has 1 heterocycles. The van der Waals surface area contributed by atoms with Crippen LogP contribution in [0.1, 0.15) is 32.6 Å². The Balaban J connectivity index is 1.90. The maximum Gasteiger partial charge on any atom is 0.315 e. The minimum absolute atomic E-state index is 0.116. The standard InChI is InChI=1S/C10H21N3O2S/c1-2-3-4-5-6-15-10(14)8-16-9-7-11-13-12-9/h9,11-13H,2-8H2,1H3. The normalized spacial score (nSPS) is 19.9. The second kappa shape index (κ2) is 8.81. The van der Waals surface area contributed by atoms with Crippen LogP contribution in [0.5, 0.6) is 0 Å². The number of esters is 1. The van der Waals surface area contributed by atoms with E-state index in [0.717, 1.165) is 19.4 Å². The lowest BCUT2D eigenvalue weighted by atomic mass is 10.2. The van der Waals surface area contributed by atoms with Crippen LogP contribution in [-0.4, -0.2) is 30.2 Å². The Morgan fingerprint density at radius 3 is 3.00 bits per heavy atom. The molecule has 0 aromatic rings. The van der Waals surface area contributed by atoms with E-state index in [2.05, 4.69) is 23.3 Å². The second-order valence-corrected chi connectivity index (χ2v) is 4.92. The number of ether oxygens (including phenoxy) is 1. The molecule has 1 atom stereocenters. The highest BCUT2D eigenvalue weighted by Crippen LogP contribution is 2.09. The van der Waals surface area contributed by atoms with Gasteiger partial charge >= 0.3 is 5.97 Å². The fraction of sp³-hybridized carbons (Fsp3) is 0.900. The van der Waals surface area contributed by atoms with E-state index < -0.39 is 0 Å². The molecule has 0 saturated carbocycles. The average Bonchev–Trinajstić information content (AvgIpc) is 2.79. The molecule has 0 bridgehead atoms. The van der Waals surface area contributed by atoms with Gasteiger partial charge in [0, 0.05) is 6.54 Å². The van der Waals surface area contributed by atoms with Crippen molar-refractivity contribution < 1.29 is 9.53 Å². The number of rotatable bonds is 8. The van der Waals surface area contributed by atoms with Crippen molar-refractivity contribution in [1.29, 1.82) is 0 Å². The first kappa shape index (κ1) is 13.8. The molecule has 0 spiro atoms. The van der Waals surface area contributed by atoms with Gasteiger partial charge in [0.25, 0.3) is 0 Å². The minimum Gasteiger partial charge on any atom is -0.465 e. The Morgan fingerprint density at radius 1 is 1.44 bits per heavy atom. The van der Waals surface area contributed by atoms with Gasteiger partial charge in [0.05, 0.1) is 17.7 Å². The zero-order chi connectivity index (χ0) is 11.6. The lowest BCUT2D eigenvalue weighted by Crippen LogP contribution is -2.32. The van der Waals surface area contributed by atoms with Crippen molar-refractivity contribution in [3.8, 4) is 0 Å². The smallest absolute Gasteiger partial charge is 0.315 e. The van der Waals surface area contributed by atoms with E-state index in [1.807, 2.05) is 0 Å². The Hall–Kier alpha value is -0.300. The van der Waals surface area contributed by atoms with Crippen molar-refractivity contribution in [2.75, 3.05) is 18.9 Å². The highest BCUT2D eigenvalue weighted by atomic mass is 32.2. The van der Waals surface area contributed by atoms with Crippen molar-refractivity contribution in [3.05, 3.63) is 0 Å². The molecule has 0 aliphatic carbocycles. The quantitative estimate of drug-likeness (QED) is 0.435. The van der Waals surface area contributed by atoms with E-state index in [9.17, 15) is 4.79 Å². The molecule has 0 amide bonds. The molecule has 1 aliphatic rings. The summed E-state index contributed by atoms with van der Waals surface area (Å²) >= 11 is 1.55. The summed E-state index contributed by atoms with van der Waals surface area (Å²) in [6.45, 7) is 3.54. The molecule has 0 aromatic heterocycles. The van der Waals surface area contributed by atoms with Crippen LogP contribution < -0.4 is 16.4 Å². The number of hydrazine groups is 2. The van der Waals surface area contributed by atoms with Crippen LogP contribution in [0, 0.1) is 0 Å². The summed E-state index contributed by atoms with van der Waals surface area (Å²) in [5.74, 6) is 0.296. The second-order valence-electron chi connectivity index (χ2n) is 3.73. The highest BCUT2D eigenvalue weighted by molar-refractivity contribution is 8.00. The Labute approximate surface area is 101 Å². The first-order valence-corrected chi connectivity index (χ1v) is 6.88. The Bertz CT molecular complexity index is 199. The lowest BCUT2D eigenvalue weighted by molar-refractivity contribution is -0.140. The Morgan fingerprint density at radius 2 is 2.31 bits per heavy atom. The lowest BCUT2D eigenvalue weighted by Gasteiger charge is -2.08. The molecule has 3 N–H and O–H groups in total. The van der Waals surface area contributed by atoms with Gasteiger partial charge in [-0.1, -0.05) is 26.2 Å². The van der Waals surface area contributed by atoms with Gasteiger partial charge in [0.15, 0.2) is 0 Å². The predicted molar refractivity (Wildman–Crippen MR) is 65.6 cm³/mol. The van der Waals surface area contributed by atoms with Gasteiger partial charge < -0.3 is 4.74 Å². The van der Waals surface area contributed by atoms with Crippen molar-refractivity contribution in [2.24, 2.45) is 0 Å². The van der Waals surface area contributed by atoms with Crippen LogP contribution in [0.15, 0.2) is 0 Å². The van der Waals surface area contributed by atoms with Crippen LogP contribution in [-0.2, 0) is 9.53 Å². The first-order valence-electron chi connectivity index (χ1n) is 5.83. The molecule has 6 heteroatoms. The van der Waals surface area contributed by atoms with Gasteiger partial charge in [-0.3, -0.25) is 4.79 Å². The summed E-state index contributed by atoms with van der Waals surface area (Å²) in [5.41, 5.74) is 8.71. The summed E-state index contributed by atoms with van der Waals surface area (Å²) in [7, 11) is 0. The molecular weight excluding hydrogens is 226 g/mol. The number of carbonyl (C=O) groups is 1. The molecule has 1 fully saturated rings. The third-order valence-electron chi connectivity index (χ3n) is 2.27. The summed E-state index contributed by atoms with van der Waals surface area (Å²) < 4.78 is 5.12. The van der Waals surface area contributed by atoms with Crippen LogP contribution in [0.25, 0.3) is 0 Å². The SMILES string of the molecule is CCCCCCOC(=O)CSC1CNNN1. The fourth-order valence-corrected chi connectivity index (χ4v) is 2.12. The summed E-state index contributed by atoms with van der Waals surface area (Å²) in [6.07, 6.45) is 4.55. The number of unbranched alkanes of at least 4 members (excludes halogenated alkanes) is 3. The summed E-state index contributed by atoms with van der Waals surface area (Å²) in [6, 6.07) is 0. The number of hydrogen-bond donors (Lipinski definition) is 3. The van der Waals surface area contributed by atoms with E-state index >= 15 is 0 Å². The van der Waals surface area contributed by atoms with Crippen molar-refractivity contribution in [3.63, 3.8) is 0 Å². The summed E-state index contributed by atoms with van der Waals surface area (Å²) in [5, 5.41) is 0.243. The largest absolute Gasteiger partial charge is 0.465 e. The van der Waals surface area contributed by atoms with Crippen molar-refractivity contribution in [2.45, 2.75) is 38.0 Å². The van der Waals surface area contributed by atoms with Gasteiger partial charge in [-0.25, -0.2) is 10.9 Å². The fourth-order valence-electron chi connectivity index (χ4n) is 1.35. The van der Waals surface area contributed by atoms with Crippen LogP contribution in [0.4, 0.5) is 0 Å². The molecule has 0 radical (unpaired) electrons.